The van der Waals surface area contributed by atoms with E-state index >= 15 is 0 Å². The summed E-state index contributed by atoms with van der Waals surface area (Å²) in [5, 5.41) is 0.520. The van der Waals surface area contributed by atoms with E-state index in [0.29, 0.717) is 35.3 Å². The second kappa shape index (κ2) is 8.44. The summed E-state index contributed by atoms with van der Waals surface area (Å²) in [5.74, 6) is 1.46. The first-order chi connectivity index (χ1) is 16.7. The molecule has 0 amide bonds. The largest absolute Gasteiger partial charge is 0.454 e. The zero-order valence-electron chi connectivity index (χ0n) is 19.0. The fourth-order valence-electron chi connectivity index (χ4n) is 4.58. The Labute approximate surface area is 195 Å². The minimum absolute atomic E-state index is 0.0690. The van der Waals surface area contributed by atoms with E-state index in [1.807, 2.05) is 47.0 Å². The maximum absolute atomic E-state index is 13.6. The Bertz CT molecular complexity index is 1590. The highest BCUT2D eigenvalue weighted by atomic mass is 16.7. The van der Waals surface area contributed by atoms with E-state index in [1.54, 1.807) is 10.9 Å². The fraction of sp³-hybridized carbons (Fsp3) is 0.308. The molecule has 0 fully saturated rings. The molecular formula is C26H25N5O3. The molecule has 1 aliphatic heterocycles. The molecule has 4 heterocycles. The van der Waals surface area contributed by atoms with E-state index in [-0.39, 0.29) is 12.4 Å². The topological polar surface area (TPSA) is 84.1 Å². The summed E-state index contributed by atoms with van der Waals surface area (Å²) in [5.41, 5.74) is 4.32. The second-order valence-corrected chi connectivity index (χ2v) is 8.66. The number of nitrogens with zero attached hydrogens (tertiary/aromatic N) is 5. The van der Waals surface area contributed by atoms with Crippen LogP contribution in [0.3, 0.4) is 0 Å². The van der Waals surface area contributed by atoms with Crippen LogP contribution in [0.4, 0.5) is 0 Å². The summed E-state index contributed by atoms with van der Waals surface area (Å²) < 4.78 is 14.7. The third-order valence-corrected chi connectivity index (χ3v) is 6.35. The molecule has 3 aromatic heterocycles. The molecule has 2 aromatic carbocycles. The lowest BCUT2D eigenvalue weighted by Crippen LogP contribution is -2.21. The average Bonchev–Trinajstić information content (AvgIpc) is 3.44. The van der Waals surface area contributed by atoms with Crippen molar-refractivity contribution in [1.29, 1.82) is 0 Å². The molecule has 0 atom stereocenters. The van der Waals surface area contributed by atoms with E-state index in [9.17, 15) is 4.79 Å². The second-order valence-electron chi connectivity index (χ2n) is 8.66. The minimum atomic E-state index is -0.0690. The molecule has 172 valence electrons. The van der Waals surface area contributed by atoms with Crippen molar-refractivity contribution >= 4 is 33.2 Å². The summed E-state index contributed by atoms with van der Waals surface area (Å²) >= 11 is 0. The fourth-order valence-corrected chi connectivity index (χ4v) is 4.58. The van der Waals surface area contributed by atoms with Crippen molar-refractivity contribution in [3.05, 3.63) is 64.7 Å². The van der Waals surface area contributed by atoms with Crippen molar-refractivity contribution in [3.8, 4) is 11.5 Å². The molecule has 0 N–H and O–H groups in total. The smallest absolute Gasteiger partial charge is 0.265 e. The highest BCUT2D eigenvalue weighted by Gasteiger charge is 2.21. The molecule has 0 aliphatic carbocycles. The van der Waals surface area contributed by atoms with Gasteiger partial charge in [0, 0.05) is 6.54 Å². The summed E-state index contributed by atoms with van der Waals surface area (Å²) in [6.07, 6.45) is 6.02. The maximum atomic E-state index is 13.6. The van der Waals surface area contributed by atoms with Gasteiger partial charge in [-0.3, -0.25) is 9.36 Å². The third kappa shape index (κ3) is 3.46. The molecule has 0 saturated carbocycles. The van der Waals surface area contributed by atoms with Gasteiger partial charge in [0.1, 0.15) is 10.9 Å². The van der Waals surface area contributed by atoms with Crippen LogP contribution in [0.2, 0.25) is 0 Å². The first kappa shape index (κ1) is 20.7. The van der Waals surface area contributed by atoms with Crippen LogP contribution in [0.1, 0.15) is 38.2 Å². The molecule has 34 heavy (non-hydrogen) atoms. The van der Waals surface area contributed by atoms with E-state index in [0.717, 1.165) is 53.8 Å². The summed E-state index contributed by atoms with van der Waals surface area (Å²) in [7, 11) is 0. The molecule has 0 bridgehead atoms. The Morgan fingerprint density at radius 2 is 1.76 bits per heavy atom. The Hall–Kier alpha value is -3.94. The van der Waals surface area contributed by atoms with Gasteiger partial charge < -0.3 is 14.0 Å². The monoisotopic (exact) mass is 455 g/mol. The Kier molecular flexibility index (Phi) is 5.13. The number of aryl methyl sites for hydroxylation is 1. The highest BCUT2D eigenvalue weighted by molar-refractivity contribution is 6.04. The molecule has 0 spiro atoms. The van der Waals surface area contributed by atoms with Gasteiger partial charge in [-0.25, -0.2) is 15.0 Å². The molecule has 0 unspecified atom stereocenters. The van der Waals surface area contributed by atoms with Gasteiger partial charge in [-0.05, 0) is 36.2 Å². The summed E-state index contributed by atoms with van der Waals surface area (Å²) in [6, 6.07) is 13.6. The standard InChI is InChI=1S/C26H25N5O3/c1-2-3-4-7-12-30-15-27-24-22(26(30)32)23-25(29-19-9-6-5-8-18(19)28-23)31(24)14-17-10-11-20-21(13-17)34-16-33-20/h5-6,8-11,13,15H,2-4,7,12,14,16H2,1H3. The number of rotatable bonds is 7. The third-order valence-electron chi connectivity index (χ3n) is 6.35. The van der Waals surface area contributed by atoms with E-state index in [2.05, 4.69) is 6.92 Å². The van der Waals surface area contributed by atoms with Crippen LogP contribution in [-0.2, 0) is 13.1 Å². The minimum Gasteiger partial charge on any atom is -0.454 e. The number of benzene rings is 2. The van der Waals surface area contributed by atoms with Crippen molar-refractivity contribution < 1.29 is 9.47 Å². The van der Waals surface area contributed by atoms with Gasteiger partial charge >= 0.3 is 0 Å². The van der Waals surface area contributed by atoms with Gasteiger partial charge in [0.2, 0.25) is 6.79 Å². The van der Waals surface area contributed by atoms with Gasteiger partial charge in [-0.15, -0.1) is 0 Å². The van der Waals surface area contributed by atoms with Gasteiger partial charge in [-0.1, -0.05) is 44.4 Å². The number of unbranched alkanes of at least 4 members (excludes halogenated alkanes) is 3. The van der Waals surface area contributed by atoms with Crippen molar-refractivity contribution in [2.45, 2.75) is 45.7 Å². The normalized spacial score (nSPS) is 12.9. The van der Waals surface area contributed by atoms with Gasteiger partial charge in [0.25, 0.3) is 5.56 Å². The highest BCUT2D eigenvalue weighted by Crippen LogP contribution is 2.33. The summed E-state index contributed by atoms with van der Waals surface area (Å²) in [6.45, 7) is 3.54. The zero-order valence-corrected chi connectivity index (χ0v) is 19.0. The van der Waals surface area contributed by atoms with Gasteiger partial charge in [-0.2, -0.15) is 0 Å². The van der Waals surface area contributed by atoms with E-state index in [1.165, 1.54) is 0 Å². The Balaban J connectivity index is 1.52. The number of para-hydroxylation sites is 2. The van der Waals surface area contributed by atoms with Crippen LogP contribution in [0.25, 0.3) is 33.2 Å². The number of aromatic nitrogens is 5. The first-order valence-corrected chi connectivity index (χ1v) is 11.8. The Morgan fingerprint density at radius 3 is 2.62 bits per heavy atom. The van der Waals surface area contributed by atoms with Crippen LogP contribution in [-0.4, -0.2) is 30.9 Å². The van der Waals surface area contributed by atoms with Crippen LogP contribution in [0.15, 0.2) is 53.6 Å². The number of hydrogen-bond acceptors (Lipinski definition) is 6. The number of hydrogen-bond donors (Lipinski definition) is 0. The number of ether oxygens (including phenoxy) is 2. The van der Waals surface area contributed by atoms with E-state index in [4.69, 9.17) is 24.4 Å². The zero-order chi connectivity index (χ0) is 23.1. The van der Waals surface area contributed by atoms with Crippen LogP contribution in [0.5, 0.6) is 11.5 Å². The van der Waals surface area contributed by atoms with Crippen molar-refractivity contribution in [1.82, 2.24) is 24.1 Å². The average molecular weight is 456 g/mol. The lowest BCUT2D eigenvalue weighted by molar-refractivity contribution is 0.174. The van der Waals surface area contributed by atoms with E-state index < -0.39 is 0 Å². The lowest BCUT2D eigenvalue weighted by atomic mass is 10.2. The van der Waals surface area contributed by atoms with Crippen molar-refractivity contribution in [3.63, 3.8) is 0 Å². The molecular weight excluding hydrogens is 430 g/mol. The number of fused-ring (bicyclic) bond motifs is 5. The van der Waals surface area contributed by atoms with Crippen LogP contribution >= 0.6 is 0 Å². The predicted molar refractivity (Wildman–Crippen MR) is 130 cm³/mol. The summed E-state index contributed by atoms with van der Waals surface area (Å²) in [4.78, 5) is 28.0. The molecule has 8 nitrogen and oxygen atoms in total. The first-order valence-electron chi connectivity index (χ1n) is 11.8. The molecule has 1 aliphatic rings. The molecule has 0 saturated heterocycles. The maximum Gasteiger partial charge on any atom is 0.265 e. The van der Waals surface area contributed by atoms with Crippen LogP contribution < -0.4 is 15.0 Å². The molecule has 8 heteroatoms. The Morgan fingerprint density at radius 1 is 0.941 bits per heavy atom. The molecule has 0 radical (unpaired) electrons. The van der Waals surface area contributed by atoms with Crippen molar-refractivity contribution in [2.24, 2.45) is 0 Å². The quantitative estimate of drug-likeness (QED) is 0.332. The lowest BCUT2D eigenvalue weighted by Gasteiger charge is -2.08. The van der Waals surface area contributed by atoms with Gasteiger partial charge in [0.05, 0.1) is 23.9 Å². The van der Waals surface area contributed by atoms with Gasteiger partial charge in [0.15, 0.2) is 22.8 Å². The molecule has 5 aromatic rings. The van der Waals surface area contributed by atoms with Crippen molar-refractivity contribution in [2.75, 3.05) is 6.79 Å². The molecule has 6 rings (SSSR count). The SMILES string of the molecule is CCCCCCn1cnc2c(c1=O)c1nc3ccccc3nc1n2Cc1ccc2c(c1)OCO2. The predicted octanol–water partition coefficient (Wildman–Crippen LogP) is 4.65. The van der Waals surface area contributed by atoms with Crippen LogP contribution in [0, 0.1) is 0 Å².